The fourth-order valence-corrected chi connectivity index (χ4v) is 2.02. The molecule has 2 aromatic rings. The third-order valence-electron chi connectivity index (χ3n) is 2.93. The van der Waals surface area contributed by atoms with E-state index in [2.05, 4.69) is 0 Å². The van der Waals surface area contributed by atoms with Gasteiger partial charge in [-0.05, 0) is 31.2 Å². The molecule has 0 radical (unpaired) electrons. The summed E-state index contributed by atoms with van der Waals surface area (Å²) in [5, 5.41) is 0. The second kappa shape index (κ2) is 6.16. The smallest absolute Gasteiger partial charge is 0.258 e. The Morgan fingerprint density at radius 1 is 1.11 bits per heavy atom. The average molecular weight is 254 g/mol. The number of carbonyl (C=O) groups excluding carboxylic acids is 1. The van der Waals surface area contributed by atoms with Gasteiger partial charge in [-0.15, -0.1) is 0 Å². The number of hydrogen-bond acceptors (Lipinski definition) is 2. The lowest BCUT2D eigenvalue weighted by atomic mass is 10.1. The van der Waals surface area contributed by atoms with Crippen molar-refractivity contribution in [2.24, 2.45) is 5.73 Å². The number of benzene rings is 2. The molecule has 0 fully saturated rings. The van der Waals surface area contributed by atoms with Gasteiger partial charge in [0.15, 0.2) is 0 Å². The van der Waals surface area contributed by atoms with Crippen LogP contribution in [0.3, 0.4) is 0 Å². The largest absolute Gasteiger partial charge is 0.329 e. The van der Waals surface area contributed by atoms with E-state index in [1.54, 1.807) is 4.90 Å². The van der Waals surface area contributed by atoms with Crippen LogP contribution in [0.4, 0.5) is 5.69 Å². The van der Waals surface area contributed by atoms with Crippen molar-refractivity contribution >= 4 is 11.6 Å². The Balaban J connectivity index is 2.32. The first-order valence-corrected chi connectivity index (χ1v) is 6.36. The molecule has 98 valence electrons. The molecule has 0 unspecified atom stereocenters. The number of amides is 1. The van der Waals surface area contributed by atoms with E-state index in [4.69, 9.17) is 5.73 Å². The molecule has 3 heteroatoms. The average Bonchev–Trinajstić information content (AvgIpc) is 2.45. The van der Waals surface area contributed by atoms with Gasteiger partial charge in [-0.3, -0.25) is 4.79 Å². The minimum atomic E-state index is -0.0136. The van der Waals surface area contributed by atoms with Crippen molar-refractivity contribution in [2.45, 2.75) is 6.92 Å². The van der Waals surface area contributed by atoms with Crippen LogP contribution >= 0.6 is 0 Å². The van der Waals surface area contributed by atoms with E-state index in [0.717, 1.165) is 11.3 Å². The summed E-state index contributed by atoms with van der Waals surface area (Å²) >= 11 is 0. The summed E-state index contributed by atoms with van der Waals surface area (Å²) in [5.41, 5.74) is 8.26. The van der Waals surface area contributed by atoms with Gasteiger partial charge < -0.3 is 10.6 Å². The first-order chi connectivity index (χ1) is 9.22. The molecule has 2 N–H and O–H groups in total. The maximum Gasteiger partial charge on any atom is 0.258 e. The van der Waals surface area contributed by atoms with E-state index < -0.39 is 0 Å². The molecule has 19 heavy (non-hydrogen) atoms. The number of anilines is 1. The minimum Gasteiger partial charge on any atom is -0.329 e. The molecule has 0 aliphatic heterocycles. The zero-order chi connectivity index (χ0) is 13.7. The van der Waals surface area contributed by atoms with Gasteiger partial charge in [0, 0.05) is 24.3 Å². The number of rotatable bonds is 4. The predicted molar refractivity (Wildman–Crippen MR) is 78.4 cm³/mol. The van der Waals surface area contributed by atoms with E-state index in [9.17, 15) is 4.79 Å². The van der Waals surface area contributed by atoms with Crippen LogP contribution in [-0.4, -0.2) is 19.0 Å². The molecule has 2 aromatic carbocycles. The van der Waals surface area contributed by atoms with Crippen LogP contribution in [0.15, 0.2) is 54.6 Å². The molecule has 0 saturated heterocycles. The van der Waals surface area contributed by atoms with E-state index in [0.29, 0.717) is 18.7 Å². The summed E-state index contributed by atoms with van der Waals surface area (Å²) < 4.78 is 0. The lowest BCUT2D eigenvalue weighted by Gasteiger charge is -2.22. The Bertz CT molecular complexity index is 552. The van der Waals surface area contributed by atoms with Gasteiger partial charge in [-0.1, -0.05) is 35.9 Å². The SMILES string of the molecule is Cc1cccc(C(=O)N(CCN)c2ccccc2)c1. The van der Waals surface area contributed by atoms with Crippen LogP contribution in [0, 0.1) is 6.92 Å². The monoisotopic (exact) mass is 254 g/mol. The third kappa shape index (κ3) is 3.20. The molecule has 0 saturated carbocycles. The van der Waals surface area contributed by atoms with E-state index in [1.807, 2.05) is 61.5 Å². The van der Waals surface area contributed by atoms with Crippen LogP contribution in [0.1, 0.15) is 15.9 Å². The molecule has 0 aliphatic rings. The van der Waals surface area contributed by atoms with Crippen molar-refractivity contribution in [3.63, 3.8) is 0 Å². The number of hydrogen-bond donors (Lipinski definition) is 1. The molecule has 1 amide bonds. The lowest BCUT2D eigenvalue weighted by Crippen LogP contribution is -2.35. The molecule has 0 atom stereocenters. The van der Waals surface area contributed by atoms with Crippen LogP contribution in [0.5, 0.6) is 0 Å². The second-order valence-corrected chi connectivity index (χ2v) is 4.45. The third-order valence-corrected chi connectivity index (χ3v) is 2.93. The summed E-state index contributed by atoms with van der Waals surface area (Å²) in [4.78, 5) is 14.3. The Morgan fingerprint density at radius 2 is 1.84 bits per heavy atom. The highest BCUT2D eigenvalue weighted by Crippen LogP contribution is 2.17. The maximum absolute atomic E-state index is 12.6. The summed E-state index contributed by atoms with van der Waals surface area (Å²) in [6.07, 6.45) is 0. The molecule has 0 aromatic heterocycles. The van der Waals surface area contributed by atoms with Gasteiger partial charge in [-0.25, -0.2) is 0 Å². The van der Waals surface area contributed by atoms with Crippen molar-refractivity contribution in [3.8, 4) is 0 Å². The van der Waals surface area contributed by atoms with Gasteiger partial charge in [0.05, 0.1) is 0 Å². The molecule has 0 aliphatic carbocycles. The predicted octanol–water partition coefficient (Wildman–Crippen LogP) is 2.60. The van der Waals surface area contributed by atoms with Gasteiger partial charge in [-0.2, -0.15) is 0 Å². The normalized spacial score (nSPS) is 10.2. The summed E-state index contributed by atoms with van der Waals surface area (Å²) in [5.74, 6) is -0.0136. The number of para-hydroxylation sites is 1. The highest BCUT2D eigenvalue weighted by atomic mass is 16.2. The Hall–Kier alpha value is -2.13. The number of carbonyl (C=O) groups is 1. The van der Waals surface area contributed by atoms with Crippen molar-refractivity contribution < 1.29 is 4.79 Å². The highest BCUT2D eigenvalue weighted by molar-refractivity contribution is 6.06. The zero-order valence-corrected chi connectivity index (χ0v) is 11.0. The summed E-state index contributed by atoms with van der Waals surface area (Å²) in [6, 6.07) is 17.2. The van der Waals surface area contributed by atoms with Gasteiger partial charge in [0.2, 0.25) is 0 Å². The summed E-state index contributed by atoms with van der Waals surface area (Å²) in [6.45, 7) is 2.93. The van der Waals surface area contributed by atoms with Crippen LogP contribution < -0.4 is 10.6 Å². The molecule has 0 heterocycles. The van der Waals surface area contributed by atoms with Crippen molar-refractivity contribution in [1.82, 2.24) is 0 Å². The zero-order valence-electron chi connectivity index (χ0n) is 11.0. The van der Waals surface area contributed by atoms with Crippen molar-refractivity contribution in [3.05, 3.63) is 65.7 Å². The fourth-order valence-electron chi connectivity index (χ4n) is 2.02. The fraction of sp³-hybridized carbons (Fsp3) is 0.188. The highest BCUT2D eigenvalue weighted by Gasteiger charge is 2.16. The first-order valence-electron chi connectivity index (χ1n) is 6.36. The molecular formula is C16H18N2O. The molecule has 3 nitrogen and oxygen atoms in total. The van der Waals surface area contributed by atoms with Crippen molar-refractivity contribution in [1.29, 1.82) is 0 Å². The minimum absolute atomic E-state index is 0.0136. The quantitative estimate of drug-likeness (QED) is 0.911. The Morgan fingerprint density at radius 3 is 2.47 bits per heavy atom. The van der Waals surface area contributed by atoms with E-state index in [1.165, 1.54) is 0 Å². The molecule has 2 rings (SSSR count). The molecule has 0 bridgehead atoms. The number of nitrogens with zero attached hydrogens (tertiary/aromatic N) is 1. The Kier molecular flexibility index (Phi) is 4.31. The van der Waals surface area contributed by atoms with Crippen LogP contribution in [0.2, 0.25) is 0 Å². The number of aryl methyl sites for hydroxylation is 1. The Labute approximate surface area is 113 Å². The van der Waals surface area contributed by atoms with Crippen molar-refractivity contribution in [2.75, 3.05) is 18.0 Å². The first kappa shape index (κ1) is 13.3. The van der Waals surface area contributed by atoms with Gasteiger partial charge in [0.25, 0.3) is 5.91 Å². The van der Waals surface area contributed by atoms with Gasteiger partial charge in [0.1, 0.15) is 0 Å². The number of nitrogens with two attached hydrogens (primary N) is 1. The van der Waals surface area contributed by atoms with E-state index in [-0.39, 0.29) is 5.91 Å². The second-order valence-electron chi connectivity index (χ2n) is 4.45. The van der Waals surface area contributed by atoms with Crippen LogP contribution in [0.25, 0.3) is 0 Å². The van der Waals surface area contributed by atoms with E-state index >= 15 is 0 Å². The maximum atomic E-state index is 12.6. The topological polar surface area (TPSA) is 46.3 Å². The van der Waals surface area contributed by atoms with Crippen LogP contribution in [-0.2, 0) is 0 Å². The van der Waals surface area contributed by atoms with Gasteiger partial charge >= 0.3 is 0 Å². The molecular weight excluding hydrogens is 236 g/mol. The summed E-state index contributed by atoms with van der Waals surface area (Å²) in [7, 11) is 0. The standard InChI is InChI=1S/C16H18N2O/c1-13-6-5-7-14(12-13)16(19)18(11-10-17)15-8-3-2-4-9-15/h2-9,12H,10-11,17H2,1H3. The lowest BCUT2D eigenvalue weighted by molar-refractivity contribution is 0.0987. The molecule has 0 spiro atoms.